The number of benzene rings is 6. The second kappa shape index (κ2) is 13.9. The van der Waals surface area contributed by atoms with Crippen molar-refractivity contribution in [1.29, 1.82) is 0 Å². The van der Waals surface area contributed by atoms with Crippen LogP contribution in [0.25, 0.3) is 111 Å². The van der Waals surface area contributed by atoms with Gasteiger partial charge in [0.2, 0.25) is 0 Å². The molecule has 11 aromatic rings. The first-order chi connectivity index (χ1) is 28.7. The fraction of sp³-hybridized carbons (Fsp3) is 0. The fourth-order valence-corrected chi connectivity index (χ4v) is 7.62. The van der Waals surface area contributed by atoms with Crippen LogP contribution in [-0.2, 0) is 0 Å². The lowest BCUT2D eigenvalue weighted by Gasteiger charge is -2.11. The molecule has 7 heteroatoms. The molecule has 270 valence electrons. The summed E-state index contributed by atoms with van der Waals surface area (Å²) in [5, 5.41) is 4.20. The first-order valence-electron chi connectivity index (χ1n) is 19.1. The van der Waals surface area contributed by atoms with Crippen LogP contribution in [0.3, 0.4) is 0 Å². The topological polar surface area (TPSA) is 90.2 Å². The summed E-state index contributed by atoms with van der Waals surface area (Å²) in [5.74, 6) is 1.91. The quantitative estimate of drug-likeness (QED) is 0.157. The molecule has 5 heterocycles. The van der Waals surface area contributed by atoms with E-state index in [2.05, 4.69) is 108 Å². The SMILES string of the molecule is c1ccc(-c2nc(-c3ccccc3)nc(-c3ccc(-c4ccc5ccc(-c6ccc7ccc(-c8cc9cccnc9c9ncccc89)nc7c6)nc5c4)cc3)n2)cc1. The summed E-state index contributed by atoms with van der Waals surface area (Å²) >= 11 is 0. The van der Waals surface area contributed by atoms with Crippen LogP contribution in [0.5, 0.6) is 0 Å². The van der Waals surface area contributed by atoms with Crippen molar-refractivity contribution in [2.45, 2.75) is 0 Å². The van der Waals surface area contributed by atoms with Crippen molar-refractivity contribution in [1.82, 2.24) is 34.9 Å². The molecule has 0 unspecified atom stereocenters. The second-order valence-corrected chi connectivity index (χ2v) is 14.2. The third-order valence-electron chi connectivity index (χ3n) is 10.6. The normalized spacial score (nSPS) is 11.4. The van der Waals surface area contributed by atoms with Crippen LogP contribution in [0.2, 0.25) is 0 Å². The Bertz CT molecular complexity index is 3270. The number of rotatable bonds is 6. The van der Waals surface area contributed by atoms with Crippen molar-refractivity contribution in [2.75, 3.05) is 0 Å². The Labute approximate surface area is 333 Å². The van der Waals surface area contributed by atoms with E-state index >= 15 is 0 Å². The summed E-state index contributed by atoms with van der Waals surface area (Å²) in [6.45, 7) is 0. The van der Waals surface area contributed by atoms with E-state index in [1.165, 1.54) is 0 Å². The molecule has 0 saturated heterocycles. The van der Waals surface area contributed by atoms with Gasteiger partial charge in [-0.25, -0.2) is 24.9 Å². The third kappa shape index (κ3) is 6.08. The van der Waals surface area contributed by atoms with Crippen molar-refractivity contribution in [3.8, 4) is 67.8 Å². The highest BCUT2D eigenvalue weighted by Crippen LogP contribution is 2.34. The van der Waals surface area contributed by atoms with Crippen LogP contribution < -0.4 is 0 Å². The molecule has 0 fully saturated rings. The smallest absolute Gasteiger partial charge is 0.164 e. The van der Waals surface area contributed by atoms with E-state index in [9.17, 15) is 0 Å². The molecule has 0 amide bonds. The molecule has 0 aliphatic heterocycles. The zero-order valence-corrected chi connectivity index (χ0v) is 31.0. The largest absolute Gasteiger partial charge is 0.254 e. The van der Waals surface area contributed by atoms with Crippen molar-refractivity contribution < 1.29 is 0 Å². The zero-order valence-electron chi connectivity index (χ0n) is 31.0. The first kappa shape index (κ1) is 33.3. The van der Waals surface area contributed by atoms with E-state index in [0.717, 1.165) is 93.9 Å². The van der Waals surface area contributed by atoms with Gasteiger partial charge in [-0.3, -0.25) is 9.97 Å². The second-order valence-electron chi connectivity index (χ2n) is 14.2. The Kier molecular flexibility index (Phi) is 8.00. The van der Waals surface area contributed by atoms with E-state index in [1.807, 2.05) is 85.2 Å². The summed E-state index contributed by atoms with van der Waals surface area (Å²) in [6.07, 6.45) is 3.63. The highest BCUT2D eigenvalue weighted by molar-refractivity contribution is 6.10. The maximum absolute atomic E-state index is 5.19. The van der Waals surface area contributed by atoms with Gasteiger partial charge in [0.25, 0.3) is 0 Å². The summed E-state index contributed by atoms with van der Waals surface area (Å²) < 4.78 is 0. The molecule has 5 aromatic heterocycles. The van der Waals surface area contributed by atoms with Crippen molar-refractivity contribution in [3.63, 3.8) is 0 Å². The van der Waals surface area contributed by atoms with Gasteiger partial charge in [-0.2, -0.15) is 0 Å². The van der Waals surface area contributed by atoms with E-state index in [4.69, 9.17) is 29.9 Å². The zero-order chi connectivity index (χ0) is 38.4. The number of hydrogen-bond donors (Lipinski definition) is 0. The summed E-state index contributed by atoms with van der Waals surface area (Å²) in [4.78, 5) is 34.3. The molecule has 0 N–H and O–H groups in total. The van der Waals surface area contributed by atoms with Gasteiger partial charge in [-0.05, 0) is 53.6 Å². The van der Waals surface area contributed by atoms with Crippen LogP contribution in [0.15, 0.2) is 188 Å². The maximum atomic E-state index is 5.19. The van der Waals surface area contributed by atoms with Gasteiger partial charge in [-0.1, -0.05) is 133 Å². The predicted octanol–water partition coefficient (Wildman–Crippen LogP) is 12.1. The van der Waals surface area contributed by atoms with E-state index in [1.54, 1.807) is 0 Å². The van der Waals surface area contributed by atoms with Gasteiger partial charge in [0.1, 0.15) is 0 Å². The number of fused-ring (bicyclic) bond motifs is 5. The Hall–Kier alpha value is -8.03. The van der Waals surface area contributed by atoms with E-state index in [0.29, 0.717) is 17.5 Å². The molecule has 0 aliphatic rings. The standard InChI is InChI=1S/C51H31N7/c1-3-9-35(10-4-1)49-56-50(36-11-5-2-6-12-36)58-51(57-49)37-19-15-32(16-20-37)38-21-17-33-23-25-43(54-45(33)30-38)39-22-18-34-24-26-44(55-46(34)31-39)42-29-40-13-7-27-52-47(40)48-41(42)14-8-28-53-48/h1-31H. The molecule has 0 spiro atoms. The predicted molar refractivity (Wildman–Crippen MR) is 234 cm³/mol. The van der Waals surface area contributed by atoms with Crippen LogP contribution in [-0.4, -0.2) is 34.9 Å². The van der Waals surface area contributed by atoms with Crippen molar-refractivity contribution in [3.05, 3.63) is 188 Å². The maximum Gasteiger partial charge on any atom is 0.164 e. The van der Waals surface area contributed by atoms with Crippen LogP contribution in [0.1, 0.15) is 0 Å². The minimum Gasteiger partial charge on any atom is -0.254 e. The van der Waals surface area contributed by atoms with Crippen LogP contribution in [0, 0.1) is 0 Å². The molecule has 58 heavy (non-hydrogen) atoms. The lowest BCUT2D eigenvalue weighted by Crippen LogP contribution is -2.00. The van der Waals surface area contributed by atoms with E-state index < -0.39 is 0 Å². The molecule has 0 bridgehead atoms. The minimum absolute atomic E-state index is 0.626. The van der Waals surface area contributed by atoms with Gasteiger partial charge in [0.05, 0.1) is 33.5 Å². The fourth-order valence-electron chi connectivity index (χ4n) is 7.62. The summed E-state index contributed by atoms with van der Waals surface area (Å²) in [7, 11) is 0. The molecule has 0 saturated carbocycles. The monoisotopic (exact) mass is 741 g/mol. The summed E-state index contributed by atoms with van der Waals surface area (Å²) in [6, 6.07) is 59.9. The van der Waals surface area contributed by atoms with Gasteiger partial charge in [0.15, 0.2) is 17.5 Å². The van der Waals surface area contributed by atoms with Crippen LogP contribution >= 0.6 is 0 Å². The Morgan fingerprint density at radius 1 is 0.293 bits per heavy atom. The third-order valence-corrected chi connectivity index (χ3v) is 10.6. The highest BCUT2D eigenvalue weighted by atomic mass is 15.0. The summed E-state index contributed by atoms with van der Waals surface area (Å²) in [5.41, 5.74) is 12.3. The average Bonchev–Trinajstić information content (AvgIpc) is 3.31. The molecule has 0 radical (unpaired) electrons. The van der Waals surface area contributed by atoms with Gasteiger partial charge >= 0.3 is 0 Å². The minimum atomic E-state index is 0.626. The number of nitrogens with zero attached hydrogens (tertiary/aromatic N) is 7. The lowest BCUT2D eigenvalue weighted by molar-refractivity contribution is 1.07. The first-order valence-corrected chi connectivity index (χ1v) is 19.1. The molecular weight excluding hydrogens is 711 g/mol. The van der Waals surface area contributed by atoms with Gasteiger partial charge in [-0.15, -0.1) is 0 Å². The number of pyridine rings is 4. The average molecular weight is 742 g/mol. The van der Waals surface area contributed by atoms with Crippen molar-refractivity contribution in [2.24, 2.45) is 0 Å². The molecule has 7 nitrogen and oxygen atoms in total. The van der Waals surface area contributed by atoms with Gasteiger partial charge in [0, 0.05) is 61.8 Å². The molecule has 11 rings (SSSR count). The van der Waals surface area contributed by atoms with E-state index in [-0.39, 0.29) is 0 Å². The van der Waals surface area contributed by atoms with Crippen molar-refractivity contribution >= 4 is 43.6 Å². The van der Waals surface area contributed by atoms with Crippen LogP contribution in [0.4, 0.5) is 0 Å². The molecule has 0 aliphatic carbocycles. The number of hydrogen-bond acceptors (Lipinski definition) is 7. The Balaban J connectivity index is 0.924. The Morgan fingerprint density at radius 3 is 1.47 bits per heavy atom. The molecule has 6 aromatic carbocycles. The lowest BCUT2D eigenvalue weighted by atomic mass is 10.00. The Morgan fingerprint density at radius 2 is 0.793 bits per heavy atom. The molecular formula is C51H31N7. The number of aromatic nitrogens is 7. The molecule has 0 atom stereocenters. The highest BCUT2D eigenvalue weighted by Gasteiger charge is 2.15. The van der Waals surface area contributed by atoms with Gasteiger partial charge < -0.3 is 0 Å².